The molecule has 0 radical (unpaired) electrons. The van der Waals surface area contributed by atoms with Gasteiger partial charge in [-0.05, 0) is 73.0 Å². The van der Waals surface area contributed by atoms with Crippen molar-refractivity contribution >= 4 is 46.6 Å². The molecule has 1 aromatic heterocycles. The maximum atomic E-state index is 14.2. The van der Waals surface area contributed by atoms with E-state index in [0.717, 1.165) is 16.9 Å². The van der Waals surface area contributed by atoms with E-state index in [1.54, 1.807) is 68.5 Å². The number of rotatable bonds is 11. The van der Waals surface area contributed by atoms with Gasteiger partial charge in [-0.2, -0.15) is 0 Å². The van der Waals surface area contributed by atoms with Crippen LogP contribution in [-0.2, 0) is 20.9 Å². The van der Waals surface area contributed by atoms with Gasteiger partial charge in [0.15, 0.2) is 16.3 Å². The molecule has 0 saturated heterocycles. The number of benzene rings is 4. The van der Waals surface area contributed by atoms with Crippen molar-refractivity contribution in [2.45, 2.75) is 26.5 Å². The summed E-state index contributed by atoms with van der Waals surface area (Å²) in [6.45, 7) is 3.98. The van der Waals surface area contributed by atoms with Gasteiger partial charge >= 0.3 is 11.9 Å². The molecule has 0 aliphatic carbocycles. The molecule has 5 aromatic rings. The number of carbonyl (C=O) groups excluding carboxylic acids is 2. The van der Waals surface area contributed by atoms with Crippen LogP contribution in [0.15, 0.2) is 106 Å². The van der Waals surface area contributed by atoms with E-state index in [-0.39, 0.29) is 30.4 Å². The number of halogens is 2. The summed E-state index contributed by atoms with van der Waals surface area (Å²) in [5.41, 5.74) is 3.06. The number of hydrogen-bond acceptors (Lipinski definition) is 9. The number of hydrogen-bond donors (Lipinski definition) is 0. The molecule has 260 valence electrons. The van der Waals surface area contributed by atoms with Crippen molar-refractivity contribution in [2.75, 3.05) is 20.3 Å². The van der Waals surface area contributed by atoms with Crippen LogP contribution in [0.2, 0.25) is 5.02 Å². The van der Waals surface area contributed by atoms with Gasteiger partial charge in [0.05, 0.1) is 52.8 Å². The smallest absolute Gasteiger partial charge is 0.338 e. The van der Waals surface area contributed by atoms with E-state index in [2.05, 4.69) is 0 Å². The standard InChI is InChI=1S/C39H32ClFN2O7S/c1-4-48-37(45)27-13-11-23(12-14-27)22-50-35-29(40)19-24(20-30(35)47-3)21-31-36(44)43-34(26-15-17-28(41)18-16-26)32(38(46)49-5-2)33(42-39(43)51-31)25-9-7-6-8-10-25/h6-21,34H,4-5,22H2,1-3H3/b31-21-/t34-/m1/s1. The van der Waals surface area contributed by atoms with Crippen LogP contribution in [-0.4, -0.2) is 36.8 Å². The van der Waals surface area contributed by atoms with E-state index < -0.39 is 29.4 Å². The van der Waals surface area contributed by atoms with Crippen LogP contribution in [0, 0.1) is 5.82 Å². The highest BCUT2D eigenvalue weighted by atomic mass is 35.5. The van der Waals surface area contributed by atoms with Gasteiger partial charge in [0.25, 0.3) is 5.56 Å². The van der Waals surface area contributed by atoms with E-state index in [1.165, 1.54) is 23.8 Å². The number of fused-ring (bicyclic) bond motifs is 1. The van der Waals surface area contributed by atoms with Crippen LogP contribution in [0.4, 0.5) is 4.39 Å². The fourth-order valence-corrected chi connectivity index (χ4v) is 6.90. The molecule has 51 heavy (non-hydrogen) atoms. The Hall–Kier alpha value is -5.52. The number of esters is 2. The zero-order chi connectivity index (χ0) is 36.1. The average Bonchev–Trinajstić information content (AvgIpc) is 3.45. The molecule has 0 N–H and O–H groups in total. The van der Waals surface area contributed by atoms with E-state index in [9.17, 15) is 18.8 Å². The fourth-order valence-electron chi connectivity index (χ4n) is 5.62. The molecule has 0 amide bonds. The SMILES string of the molecule is CCOC(=O)C1=C(c2ccccc2)N=c2s/c(=C\c3cc(Cl)c(OCc4ccc(C(=O)OCC)cc4)c(OC)c3)c(=O)n2[C@@H]1c1ccc(F)cc1. The Morgan fingerprint density at radius 3 is 2.29 bits per heavy atom. The van der Waals surface area contributed by atoms with Gasteiger partial charge in [0.2, 0.25) is 0 Å². The molecule has 0 saturated carbocycles. The zero-order valence-corrected chi connectivity index (χ0v) is 29.4. The van der Waals surface area contributed by atoms with Crippen molar-refractivity contribution in [3.05, 3.63) is 155 Å². The fraction of sp³-hybridized carbons (Fsp3) is 0.179. The topological polar surface area (TPSA) is 105 Å². The molecule has 0 fully saturated rings. The monoisotopic (exact) mass is 726 g/mol. The van der Waals surface area contributed by atoms with Crippen LogP contribution in [0.1, 0.15) is 52.5 Å². The normalized spacial score (nSPS) is 14.1. The second-order valence-corrected chi connectivity index (χ2v) is 12.6. The Labute approximate surface area is 301 Å². The lowest BCUT2D eigenvalue weighted by atomic mass is 9.93. The summed E-state index contributed by atoms with van der Waals surface area (Å²) in [6.07, 6.45) is 1.66. The molecular weight excluding hydrogens is 695 g/mol. The Balaban J connectivity index is 1.41. The lowest BCUT2D eigenvalue weighted by molar-refractivity contribution is -0.138. The molecule has 12 heteroatoms. The van der Waals surface area contributed by atoms with Gasteiger partial charge in [0.1, 0.15) is 12.4 Å². The molecular formula is C39H32ClFN2O7S. The van der Waals surface area contributed by atoms with Gasteiger partial charge < -0.3 is 18.9 Å². The number of carbonyl (C=O) groups is 2. The van der Waals surface area contributed by atoms with Crippen molar-refractivity contribution in [3.8, 4) is 11.5 Å². The molecule has 9 nitrogen and oxygen atoms in total. The lowest BCUT2D eigenvalue weighted by Crippen LogP contribution is -2.40. The summed E-state index contributed by atoms with van der Waals surface area (Å²) < 4.78 is 38.0. The van der Waals surface area contributed by atoms with Crippen molar-refractivity contribution in [1.29, 1.82) is 0 Å². The second kappa shape index (κ2) is 15.6. The third-order valence-corrected chi connectivity index (χ3v) is 9.22. The molecule has 6 rings (SSSR count). The first kappa shape index (κ1) is 35.3. The minimum absolute atomic E-state index is 0.106. The quantitative estimate of drug-likeness (QED) is 0.143. The highest BCUT2D eigenvalue weighted by molar-refractivity contribution is 7.07. The maximum absolute atomic E-state index is 14.2. The van der Waals surface area contributed by atoms with Crippen LogP contribution >= 0.6 is 22.9 Å². The summed E-state index contributed by atoms with van der Waals surface area (Å²) >= 11 is 7.84. The van der Waals surface area contributed by atoms with Crippen LogP contribution in [0.25, 0.3) is 11.8 Å². The molecule has 2 heterocycles. The van der Waals surface area contributed by atoms with Crippen molar-refractivity contribution < 1.29 is 32.9 Å². The summed E-state index contributed by atoms with van der Waals surface area (Å²) in [4.78, 5) is 45.0. The Bertz CT molecular complexity index is 2300. The third-order valence-electron chi connectivity index (χ3n) is 7.96. The Morgan fingerprint density at radius 1 is 0.941 bits per heavy atom. The minimum Gasteiger partial charge on any atom is -0.493 e. The number of aromatic nitrogens is 1. The minimum atomic E-state index is -0.946. The Kier molecular flexibility index (Phi) is 10.8. The lowest BCUT2D eigenvalue weighted by Gasteiger charge is -2.25. The molecule has 1 atom stereocenters. The van der Waals surface area contributed by atoms with Crippen molar-refractivity contribution in [3.63, 3.8) is 0 Å². The highest BCUT2D eigenvalue weighted by Gasteiger charge is 2.35. The number of nitrogens with zero attached hydrogens (tertiary/aromatic N) is 2. The maximum Gasteiger partial charge on any atom is 0.338 e. The average molecular weight is 727 g/mol. The molecule has 1 aliphatic heterocycles. The number of thiazole rings is 1. The molecule has 0 unspecified atom stereocenters. The van der Waals surface area contributed by atoms with E-state index in [4.69, 9.17) is 35.5 Å². The van der Waals surface area contributed by atoms with Gasteiger partial charge in [-0.1, -0.05) is 77.5 Å². The van der Waals surface area contributed by atoms with Gasteiger partial charge in [0, 0.05) is 5.56 Å². The zero-order valence-electron chi connectivity index (χ0n) is 27.9. The van der Waals surface area contributed by atoms with Gasteiger partial charge in [-0.15, -0.1) is 0 Å². The van der Waals surface area contributed by atoms with Gasteiger partial charge in [-0.25, -0.2) is 19.0 Å². The first-order chi connectivity index (χ1) is 24.7. The van der Waals surface area contributed by atoms with E-state index in [0.29, 0.717) is 48.8 Å². The third kappa shape index (κ3) is 7.50. The van der Waals surface area contributed by atoms with Crippen molar-refractivity contribution in [1.82, 2.24) is 4.57 Å². The van der Waals surface area contributed by atoms with E-state index >= 15 is 0 Å². The van der Waals surface area contributed by atoms with Crippen molar-refractivity contribution in [2.24, 2.45) is 4.99 Å². The second-order valence-electron chi connectivity index (χ2n) is 11.2. The number of methoxy groups -OCH3 is 1. The largest absolute Gasteiger partial charge is 0.493 e. The molecule has 1 aliphatic rings. The summed E-state index contributed by atoms with van der Waals surface area (Å²) in [7, 11) is 1.48. The summed E-state index contributed by atoms with van der Waals surface area (Å²) in [5, 5.41) is 0.247. The molecule has 0 bridgehead atoms. The Morgan fingerprint density at radius 2 is 1.63 bits per heavy atom. The number of ether oxygens (including phenoxy) is 4. The summed E-state index contributed by atoms with van der Waals surface area (Å²) in [6, 6.07) is 24.1. The first-order valence-electron chi connectivity index (χ1n) is 16.0. The van der Waals surface area contributed by atoms with Crippen LogP contribution < -0.4 is 24.4 Å². The van der Waals surface area contributed by atoms with Gasteiger partial charge in [-0.3, -0.25) is 9.36 Å². The molecule has 0 spiro atoms. The predicted molar refractivity (Wildman–Crippen MR) is 192 cm³/mol. The summed E-state index contributed by atoms with van der Waals surface area (Å²) in [5.74, 6) is -0.855. The molecule has 4 aromatic carbocycles. The first-order valence-corrected chi connectivity index (χ1v) is 17.2. The predicted octanol–water partition coefficient (Wildman–Crippen LogP) is 6.49. The van der Waals surface area contributed by atoms with Crippen LogP contribution in [0.5, 0.6) is 11.5 Å². The van der Waals surface area contributed by atoms with E-state index in [1.807, 2.05) is 30.3 Å². The van der Waals surface area contributed by atoms with Crippen LogP contribution in [0.3, 0.4) is 0 Å². The highest BCUT2D eigenvalue weighted by Crippen LogP contribution is 2.38.